The van der Waals surface area contributed by atoms with Crippen LogP contribution in [0.25, 0.3) is 0 Å². The molecule has 2 aromatic rings. The van der Waals surface area contributed by atoms with Crippen molar-refractivity contribution in [3.05, 3.63) is 59.7 Å². The molecule has 0 aliphatic heterocycles. The third-order valence-corrected chi connectivity index (χ3v) is 3.07. The molecule has 0 saturated heterocycles. The van der Waals surface area contributed by atoms with E-state index in [4.69, 9.17) is 4.74 Å². The lowest BCUT2D eigenvalue weighted by atomic mass is 10.1. The average molecular weight is 341 g/mol. The highest BCUT2D eigenvalue weighted by Crippen LogP contribution is 2.25. The molecule has 0 aliphatic carbocycles. The molecule has 0 amide bonds. The highest BCUT2D eigenvalue weighted by atomic mass is 35.5. The maximum Gasteiger partial charge on any atom is 0.487 e. The number of carbonyl (C=O) groups is 1. The van der Waals surface area contributed by atoms with Gasteiger partial charge in [0.05, 0.1) is 5.56 Å². The number of hydrogen-bond donors (Lipinski definition) is 0. The highest BCUT2D eigenvalue weighted by Gasteiger charge is 2.27. The van der Waals surface area contributed by atoms with Gasteiger partial charge < -0.3 is 9.47 Å². The van der Waals surface area contributed by atoms with Gasteiger partial charge in [0.2, 0.25) is 0 Å². The van der Waals surface area contributed by atoms with Crippen LogP contribution in [0.4, 0.5) is 8.78 Å². The number of hydrogen-bond acceptors (Lipinski definition) is 3. The van der Waals surface area contributed by atoms with Gasteiger partial charge in [-0.15, -0.1) is 8.78 Å². The number of benzene rings is 2. The van der Waals surface area contributed by atoms with Crippen LogP contribution >= 0.6 is 11.6 Å². The molecule has 0 aliphatic rings. The van der Waals surface area contributed by atoms with Crippen molar-refractivity contribution in [2.75, 3.05) is 0 Å². The van der Waals surface area contributed by atoms with Gasteiger partial charge in [-0.3, -0.25) is 0 Å². The van der Waals surface area contributed by atoms with Gasteiger partial charge in [-0.1, -0.05) is 25.5 Å². The van der Waals surface area contributed by atoms with Crippen molar-refractivity contribution in [3.8, 4) is 11.5 Å². The van der Waals surface area contributed by atoms with E-state index in [1.54, 1.807) is 12.1 Å². The van der Waals surface area contributed by atoms with E-state index in [0.717, 1.165) is 18.4 Å². The molecule has 0 heterocycles. The van der Waals surface area contributed by atoms with Gasteiger partial charge in [0, 0.05) is 11.6 Å². The Hall–Kier alpha value is -2.14. The van der Waals surface area contributed by atoms with E-state index in [0.29, 0.717) is 5.75 Å². The van der Waals surface area contributed by atoms with Crippen LogP contribution in [0.5, 0.6) is 11.5 Å². The predicted octanol–water partition coefficient (Wildman–Crippen LogP) is 5.03. The van der Waals surface area contributed by atoms with E-state index < -0.39 is 11.5 Å². The van der Waals surface area contributed by atoms with Crippen LogP contribution in [0.3, 0.4) is 0 Å². The Morgan fingerprint density at radius 2 is 1.61 bits per heavy atom. The van der Waals surface area contributed by atoms with Crippen molar-refractivity contribution in [2.45, 2.75) is 25.3 Å². The van der Waals surface area contributed by atoms with E-state index in [1.165, 1.54) is 24.3 Å². The number of halogens is 3. The summed E-state index contributed by atoms with van der Waals surface area (Å²) >= 11 is 4.67. The Labute approximate surface area is 137 Å². The topological polar surface area (TPSA) is 35.5 Å². The van der Waals surface area contributed by atoms with Crippen molar-refractivity contribution in [1.82, 2.24) is 0 Å². The lowest BCUT2D eigenvalue weighted by molar-refractivity contribution is -0.0964. The van der Waals surface area contributed by atoms with Gasteiger partial charge in [-0.25, -0.2) is 4.79 Å². The van der Waals surface area contributed by atoms with Crippen molar-refractivity contribution < 1.29 is 23.0 Å². The van der Waals surface area contributed by atoms with Gasteiger partial charge >= 0.3 is 11.5 Å². The lowest BCUT2D eigenvalue weighted by Gasteiger charge is -2.10. The fourth-order valence-electron chi connectivity index (χ4n) is 1.97. The summed E-state index contributed by atoms with van der Waals surface area (Å²) in [7, 11) is 0. The summed E-state index contributed by atoms with van der Waals surface area (Å²) in [5, 5.41) is 0. The largest absolute Gasteiger partial charge is 0.487 e. The summed E-state index contributed by atoms with van der Waals surface area (Å²) in [6, 6.07) is 12.3. The van der Waals surface area contributed by atoms with Gasteiger partial charge in [0.25, 0.3) is 0 Å². The van der Waals surface area contributed by atoms with Crippen LogP contribution in [-0.4, -0.2) is 11.5 Å². The summed E-state index contributed by atoms with van der Waals surface area (Å²) in [6.45, 7) is 2.08. The summed E-state index contributed by atoms with van der Waals surface area (Å²) in [6.07, 6.45) is 2.00. The van der Waals surface area contributed by atoms with Crippen LogP contribution in [0.2, 0.25) is 0 Å². The molecule has 122 valence electrons. The van der Waals surface area contributed by atoms with Crippen LogP contribution < -0.4 is 9.47 Å². The third kappa shape index (κ3) is 5.53. The number of aryl methyl sites for hydroxylation is 1. The zero-order chi connectivity index (χ0) is 16.9. The monoisotopic (exact) mass is 340 g/mol. The molecule has 0 radical (unpaired) electrons. The normalized spacial score (nSPS) is 11.1. The molecular formula is C17H15ClF2O3. The molecular weight excluding hydrogens is 326 g/mol. The quantitative estimate of drug-likeness (QED) is 0.420. The van der Waals surface area contributed by atoms with Gasteiger partial charge in [-0.2, -0.15) is 0 Å². The van der Waals surface area contributed by atoms with Crippen LogP contribution in [0, 0.1) is 0 Å². The molecule has 0 atom stereocenters. The molecule has 0 aromatic heterocycles. The Kier molecular flexibility index (Phi) is 5.55. The van der Waals surface area contributed by atoms with Gasteiger partial charge in [0.15, 0.2) is 0 Å². The first-order valence-corrected chi connectivity index (χ1v) is 7.42. The Morgan fingerprint density at radius 1 is 1.04 bits per heavy atom. The second kappa shape index (κ2) is 7.42. The first kappa shape index (κ1) is 17.2. The van der Waals surface area contributed by atoms with Crippen LogP contribution in [-0.2, 0) is 6.42 Å². The smallest absolute Gasteiger partial charge is 0.423 e. The molecule has 0 fully saturated rings. The molecule has 2 rings (SSSR count). The van der Waals surface area contributed by atoms with E-state index in [9.17, 15) is 13.6 Å². The Morgan fingerprint density at radius 3 is 2.13 bits per heavy atom. The minimum Gasteiger partial charge on any atom is -0.423 e. The zero-order valence-corrected chi connectivity index (χ0v) is 13.1. The van der Waals surface area contributed by atoms with E-state index >= 15 is 0 Å². The van der Waals surface area contributed by atoms with Crippen LogP contribution in [0.1, 0.15) is 29.3 Å². The van der Waals surface area contributed by atoms with Crippen molar-refractivity contribution in [3.63, 3.8) is 0 Å². The summed E-state index contributed by atoms with van der Waals surface area (Å²) in [4.78, 5) is 12.0. The first-order valence-electron chi connectivity index (χ1n) is 7.04. The fourth-order valence-corrected chi connectivity index (χ4v) is 2.06. The Bertz CT molecular complexity index is 649. The number of esters is 1. The molecule has 3 nitrogen and oxygen atoms in total. The van der Waals surface area contributed by atoms with E-state index in [1.807, 2.05) is 12.1 Å². The number of carbonyl (C=O) groups excluding carboxylic acids is 1. The minimum atomic E-state index is -3.79. The molecule has 6 heteroatoms. The molecule has 2 aromatic carbocycles. The molecule has 0 N–H and O–H groups in total. The average Bonchev–Trinajstić information content (AvgIpc) is 2.48. The second-order valence-corrected chi connectivity index (χ2v) is 5.30. The molecule has 0 spiro atoms. The first-order chi connectivity index (χ1) is 10.9. The molecule has 0 bridgehead atoms. The summed E-state index contributed by atoms with van der Waals surface area (Å²) in [5.74, 6) is -0.314. The maximum atomic E-state index is 12.5. The summed E-state index contributed by atoms with van der Waals surface area (Å²) in [5.41, 5.74) is -2.41. The van der Waals surface area contributed by atoms with Crippen LogP contribution in [0.15, 0.2) is 48.5 Å². The van der Waals surface area contributed by atoms with Crippen molar-refractivity contribution in [2.24, 2.45) is 0 Å². The predicted molar refractivity (Wildman–Crippen MR) is 83.3 cm³/mol. The van der Waals surface area contributed by atoms with E-state index in [2.05, 4.69) is 23.3 Å². The van der Waals surface area contributed by atoms with E-state index in [-0.39, 0.29) is 11.3 Å². The van der Waals surface area contributed by atoms with Crippen molar-refractivity contribution >= 4 is 17.6 Å². The Balaban J connectivity index is 2.00. The standard InChI is InChI=1S/C17H15ClF2O3/c1-2-3-12-4-8-14(9-5-12)22-16(21)13-6-10-15(11-7-13)23-17(18,19)20/h4-11H,2-3H2,1H3. The number of ether oxygens (including phenoxy) is 2. The lowest BCUT2D eigenvalue weighted by Crippen LogP contribution is -2.15. The number of alkyl halides is 3. The third-order valence-electron chi connectivity index (χ3n) is 3.00. The minimum absolute atomic E-state index is 0.148. The summed E-state index contributed by atoms with van der Waals surface area (Å²) < 4.78 is 34.4. The SMILES string of the molecule is CCCc1ccc(OC(=O)c2ccc(OC(F)(F)Cl)cc2)cc1. The molecule has 0 saturated carbocycles. The highest BCUT2D eigenvalue weighted by molar-refractivity contribution is 6.20. The zero-order valence-electron chi connectivity index (χ0n) is 12.4. The maximum absolute atomic E-state index is 12.5. The fraction of sp³-hybridized carbons (Fsp3) is 0.235. The number of rotatable bonds is 6. The van der Waals surface area contributed by atoms with Gasteiger partial charge in [-0.05, 0) is 48.4 Å². The second-order valence-electron chi connectivity index (χ2n) is 4.86. The molecule has 23 heavy (non-hydrogen) atoms. The van der Waals surface area contributed by atoms with Gasteiger partial charge in [0.1, 0.15) is 11.5 Å². The van der Waals surface area contributed by atoms with Crippen molar-refractivity contribution in [1.29, 1.82) is 0 Å². The molecule has 0 unspecified atom stereocenters.